The van der Waals surface area contributed by atoms with Gasteiger partial charge in [0.25, 0.3) is 0 Å². The highest BCUT2D eigenvalue weighted by Gasteiger charge is 2.35. The molecule has 1 N–H and O–H groups in total. The molecule has 1 fully saturated rings. The summed E-state index contributed by atoms with van der Waals surface area (Å²) in [5, 5.41) is 13.0. The van der Waals surface area contributed by atoms with Crippen LogP contribution in [0.1, 0.15) is 44.6 Å². The molecule has 1 heterocycles. The van der Waals surface area contributed by atoms with Crippen molar-refractivity contribution >= 4 is 17.7 Å². The molecule has 1 aliphatic carbocycles. The lowest BCUT2D eigenvalue weighted by molar-refractivity contribution is -0.121. The van der Waals surface area contributed by atoms with Crippen molar-refractivity contribution in [2.45, 2.75) is 61.9 Å². The number of aromatic nitrogens is 2. The van der Waals surface area contributed by atoms with Gasteiger partial charge in [-0.15, -0.1) is 0 Å². The van der Waals surface area contributed by atoms with Crippen LogP contribution in [0.4, 0.5) is 0 Å². The van der Waals surface area contributed by atoms with Gasteiger partial charge >= 0.3 is 0 Å². The van der Waals surface area contributed by atoms with Crippen LogP contribution in [0.2, 0.25) is 0 Å². The molecule has 136 valence electrons. The van der Waals surface area contributed by atoms with Crippen molar-refractivity contribution in [3.8, 4) is 11.8 Å². The fraction of sp³-hybridized carbons (Fsp3) is 0.450. The summed E-state index contributed by atoms with van der Waals surface area (Å²) in [5.74, 6) is -0.0993. The molecule has 2 aromatic rings. The molecule has 1 unspecified atom stereocenters. The zero-order valence-corrected chi connectivity index (χ0v) is 16.1. The van der Waals surface area contributed by atoms with Crippen molar-refractivity contribution in [1.29, 1.82) is 5.26 Å². The second-order valence-corrected chi connectivity index (χ2v) is 8.18. The molecule has 0 saturated heterocycles. The van der Waals surface area contributed by atoms with Gasteiger partial charge in [-0.2, -0.15) is 5.26 Å². The molecule has 1 aromatic heterocycles. The summed E-state index contributed by atoms with van der Waals surface area (Å²) in [7, 11) is 0. The zero-order valence-electron chi connectivity index (χ0n) is 15.2. The van der Waals surface area contributed by atoms with Crippen LogP contribution >= 0.6 is 11.8 Å². The molecule has 1 amide bonds. The quantitative estimate of drug-likeness (QED) is 0.810. The van der Waals surface area contributed by atoms with E-state index in [1.807, 2.05) is 35.9 Å². The lowest BCUT2D eigenvalue weighted by atomic mass is 9.83. The molecule has 0 radical (unpaired) electrons. The van der Waals surface area contributed by atoms with Crippen LogP contribution in [-0.2, 0) is 4.79 Å². The number of carbonyl (C=O) groups is 1. The van der Waals surface area contributed by atoms with Crippen LogP contribution in [0, 0.1) is 18.3 Å². The molecular formula is C20H24N4OS. The Morgan fingerprint density at radius 2 is 2.08 bits per heavy atom. The number of hydrogen-bond donors (Lipinski definition) is 1. The van der Waals surface area contributed by atoms with Gasteiger partial charge in [-0.1, -0.05) is 49.2 Å². The van der Waals surface area contributed by atoms with E-state index in [9.17, 15) is 10.1 Å². The molecule has 1 saturated carbocycles. The molecule has 1 aliphatic rings. The highest BCUT2D eigenvalue weighted by Crippen LogP contribution is 2.30. The van der Waals surface area contributed by atoms with Gasteiger partial charge in [-0.05, 0) is 38.3 Å². The number of amides is 1. The molecule has 0 spiro atoms. The molecule has 1 aromatic carbocycles. The molecule has 26 heavy (non-hydrogen) atoms. The fourth-order valence-electron chi connectivity index (χ4n) is 3.36. The Bertz CT molecular complexity index is 817. The minimum atomic E-state index is -0.699. The molecular weight excluding hydrogens is 344 g/mol. The van der Waals surface area contributed by atoms with Crippen molar-refractivity contribution in [3.05, 3.63) is 42.2 Å². The normalized spacial score (nSPS) is 17.3. The first kappa shape index (κ1) is 18.5. The molecule has 3 rings (SSSR count). The highest BCUT2D eigenvalue weighted by atomic mass is 32.2. The average Bonchev–Trinajstić information content (AvgIpc) is 3.10. The van der Waals surface area contributed by atoms with E-state index in [-0.39, 0.29) is 11.2 Å². The van der Waals surface area contributed by atoms with Crippen molar-refractivity contribution in [1.82, 2.24) is 14.9 Å². The Morgan fingerprint density at radius 1 is 1.35 bits per heavy atom. The third-order valence-corrected chi connectivity index (χ3v) is 6.00. The third-order valence-electron chi connectivity index (χ3n) is 4.92. The number of nitrogens with zero attached hydrogens (tertiary/aromatic N) is 3. The summed E-state index contributed by atoms with van der Waals surface area (Å²) in [5.41, 5.74) is 1.51. The maximum Gasteiger partial charge on any atom is 0.234 e. The monoisotopic (exact) mass is 368 g/mol. The Hall–Kier alpha value is -2.26. The Balaban J connectivity index is 1.72. The zero-order chi connectivity index (χ0) is 18.6. The summed E-state index contributed by atoms with van der Waals surface area (Å²) >= 11 is 1.42. The number of aryl methyl sites for hydroxylation is 1. The SMILES string of the molecule is Cc1ccccc1-n1ccnc1SC(C)C(=O)NC1(C#N)CCCCC1. The predicted octanol–water partition coefficient (Wildman–Crippen LogP) is 4.00. The summed E-state index contributed by atoms with van der Waals surface area (Å²) in [6.07, 6.45) is 8.26. The summed E-state index contributed by atoms with van der Waals surface area (Å²) < 4.78 is 2.00. The van der Waals surface area contributed by atoms with Gasteiger partial charge < -0.3 is 5.32 Å². The van der Waals surface area contributed by atoms with Crippen LogP contribution in [0.15, 0.2) is 41.8 Å². The van der Waals surface area contributed by atoms with Crippen LogP contribution in [0.25, 0.3) is 5.69 Å². The van der Waals surface area contributed by atoms with E-state index in [4.69, 9.17) is 0 Å². The van der Waals surface area contributed by atoms with E-state index in [1.54, 1.807) is 6.20 Å². The number of rotatable bonds is 5. The van der Waals surface area contributed by atoms with Crippen LogP contribution in [0.5, 0.6) is 0 Å². The number of thioether (sulfide) groups is 1. The predicted molar refractivity (Wildman–Crippen MR) is 103 cm³/mol. The second-order valence-electron chi connectivity index (χ2n) is 6.87. The first-order valence-electron chi connectivity index (χ1n) is 9.04. The van der Waals surface area contributed by atoms with Gasteiger partial charge in [0.1, 0.15) is 5.54 Å². The number of imidazole rings is 1. The van der Waals surface area contributed by atoms with Crippen molar-refractivity contribution in [2.24, 2.45) is 0 Å². The van der Waals surface area contributed by atoms with E-state index in [2.05, 4.69) is 29.4 Å². The molecule has 5 nitrogen and oxygen atoms in total. The smallest absolute Gasteiger partial charge is 0.234 e. The van der Waals surface area contributed by atoms with Gasteiger partial charge in [0.05, 0.1) is 17.0 Å². The molecule has 0 bridgehead atoms. The third kappa shape index (κ3) is 3.94. The summed E-state index contributed by atoms with van der Waals surface area (Å²) in [6.45, 7) is 3.92. The van der Waals surface area contributed by atoms with Crippen molar-refractivity contribution < 1.29 is 4.79 Å². The summed E-state index contributed by atoms with van der Waals surface area (Å²) in [6, 6.07) is 10.4. The van der Waals surface area contributed by atoms with Gasteiger partial charge in [-0.3, -0.25) is 9.36 Å². The summed E-state index contributed by atoms with van der Waals surface area (Å²) in [4.78, 5) is 17.1. The van der Waals surface area contributed by atoms with Crippen LogP contribution < -0.4 is 5.32 Å². The number of nitriles is 1. The van der Waals surface area contributed by atoms with E-state index in [1.165, 1.54) is 11.8 Å². The number of benzene rings is 1. The molecule has 0 aliphatic heterocycles. The maximum absolute atomic E-state index is 12.7. The standard InChI is InChI=1S/C20H24N4OS/c1-15-8-4-5-9-17(15)24-13-12-22-19(24)26-16(2)18(25)23-20(14-21)10-6-3-7-11-20/h4-5,8-9,12-13,16H,3,6-7,10-11H2,1-2H3,(H,23,25). The second kappa shape index (κ2) is 7.96. The number of hydrogen-bond acceptors (Lipinski definition) is 4. The Morgan fingerprint density at radius 3 is 2.77 bits per heavy atom. The topological polar surface area (TPSA) is 70.7 Å². The van der Waals surface area contributed by atoms with Gasteiger partial charge in [0.15, 0.2) is 5.16 Å². The number of nitrogens with one attached hydrogen (secondary N) is 1. The maximum atomic E-state index is 12.7. The lowest BCUT2D eigenvalue weighted by Gasteiger charge is -2.32. The van der Waals surface area contributed by atoms with Crippen LogP contribution in [-0.4, -0.2) is 26.2 Å². The van der Waals surface area contributed by atoms with E-state index >= 15 is 0 Å². The minimum Gasteiger partial charge on any atom is -0.337 e. The molecule has 6 heteroatoms. The fourth-order valence-corrected chi connectivity index (χ4v) is 4.24. The van der Waals surface area contributed by atoms with E-state index in [0.717, 1.165) is 48.5 Å². The Kier molecular flexibility index (Phi) is 5.67. The lowest BCUT2D eigenvalue weighted by Crippen LogP contribution is -2.50. The van der Waals surface area contributed by atoms with Crippen molar-refractivity contribution in [2.75, 3.05) is 0 Å². The number of para-hydroxylation sites is 1. The van der Waals surface area contributed by atoms with E-state index in [0.29, 0.717) is 0 Å². The Labute approximate surface area is 158 Å². The van der Waals surface area contributed by atoms with Gasteiger partial charge in [0.2, 0.25) is 5.91 Å². The molecule has 1 atom stereocenters. The van der Waals surface area contributed by atoms with Gasteiger partial charge in [-0.25, -0.2) is 4.98 Å². The van der Waals surface area contributed by atoms with Gasteiger partial charge in [0, 0.05) is 12.4 Å². The average molecular weight is 369 g/mol. The number of carbonyl (C=O) groups excluding carboxylic acids is 1. The van der Waals surface area contributed by atoms with Crippen molar-refractivity contribution in [3.63, 3.8) is 0 Å². The largest absolute Gasteiger partial charge is 0.337 e. The highest BCUT2D eigenvalue weighted by molar-refractivity contribution is 8.00. The first-order valence-corrected chi connectivity index (χ1v) is 9.92. The van der Waals surface area contributed by atoms with Crippen LogP contribution in [0.3, 0.4) is 0 Å². The van der Waals surface area contributed by atoms with E-state index < -0.39 is 5.54 Å². The minimum absolute atomic E-state index is 0.0993. The first-order chi connectivity index (χ1) is 12.5.